The van der Waals surface area contributed by atoms with Crippen molar-refractivity contribution in [1.82, 2.24) is 0 Å². The van der Waals surface area contributed by atoms with E-state index in [0.717, 1.165) is 12.8 Å². The molecular weight excluding hydrogens is 242 g/mol. The lowest BCUT2D eigenvalue weighted by atomic mass is 9.74. The van der Waals surface area contributed by atoms with Gasteiger partial charge in [-0.2, -0.15) is 0 Å². The highest BCUT2D eigenvalue weighted by atomic mass is 14.8. The lowest BCUT2D eigenvalue weighted by Gasteiger charge is -2.28. The van der Waals surface area contributed by atoms with E-state index in [4.69, 9.17) is 4.99 Å². The highest BCUT2D eigenvalue weighted by molar-refractivity contribution is 6.01. The first-order valence-electron chi connectivity index (χ1n) is 7.39. The quantitative estimate of drug-likeness (QED) is 0.643. The molecule has 0 fully saturated rings. The minimum atomic E-state index is 0.0763. The molecule has 0 radical (unpaired) electrons. The van der Waals surface area contributed by atoms with Gasteiger partial charge in [0.25, 0.3) is 0 Å². The zero-order chi connectivity index (χ0) is 13.9. The summed E-state index contributed by atoms with van der Waals surface area (Å²) in [5.41, 5.74) is 9.79. The molecule has 1 heterocycles. The Bertz CT molecular complexity index is 750. The smallest absolute Gasteiger partial charge is 0.0673 e. The normalized spacial score (nSPS) is 18.1. The number of rotatable bonds is 0. The summed E-state index contributed by atoms with van der Waals surface area (Å²) in [6, 6.07) is 13.3. The second kappa shape index (κ2) is 3.82. The monoisotopic (exact) mass is 261 g/mol. The largest absolute Gasteiger partial charge is 0.257 e. The Morgan fingerprint density at radius 2 is 1.75 bits per heavy atom. The van der Waals surface area contributed by atoms with Gasteiger partial charge in [-0.1, -0.05) is 44.2 Å². The Kier molecular flexibility index (Phi) is 2.27. The summed E-state index contributed by atoms with van der Waals surface area (Å²) in [6.07, 6.45) is 2.29. The van der Waals surface area contributed by atoms with Crippen LogP contribution in [0.25, 0.3) is 11.1 Å². The maximum atomic E-state index is 4.79. The van der Waals surface area contributed by atoms with Gasteiger partial charge in [-0.25, -0.2) is 0 Å². The molecule has 0 unspecified atom stereocenters. The predicted molar refractivity (Wildman–Crippen MR) is 85.1 cm³/mol. The summed E-state index contributed by atoms with van der Waals surface area (Å²) in [6.45, 7) is 6.76. The first-order chi connectivity index (χ1) is 9.59. The van der Waals surface area contributed by atoms with Gasteiger partial charge in [0.05, 0.1) is 5.69 Å². The van der Waals surface area contributed by atoms with E-state index >= 15 is 0 Å². The third kappa shape index (κ3) is 1.41. The topological polar surface area (TPSA) is 12.4 Å². The van der Waals surface area contributed by atoms with Gasteiger partial charge in [0.15, 0.2) is 0 Å². The van der Waals surface area contributed by atoms with Crippen molar-refractivity contribution < 1.29 is 0 Å². The summed E-state index contributed by atoms with van der Waals surface area (Å²) >= 11 is 0. The highest BCUT2D eigenvalue weighted by Gasteiger charge is 2.36. The van der Waals surface area contributed by atoms with E-state index in [1.165, 1.54) is 39.2 Å². The molecule has 4 rings (SSSR count). The number of aryl methyl sites for hydroxylation is 1. The number of fused-ring (bicyclic) bond motifs is 5. The zero-order valence-electron chi connectivity index (χ0n) is 12.3. The molecule has 0 amide bonds. The van der Waals surface area contributed by atoms with Crippen molar-refractivity contribution in [3.05, 3.63) is 53.1 Å². The molecule has 1 aliphatic carbocycles. The molecule has 0 aromatic heterocycles. The molecule has 0 N–H and O–H groups in total. The molecule has 1 nitrogen and oxygen atoms in total. The van der Waals surface area contributed by atoms with E-state index in [9.17, 15) is 0 Å². The summed E-state index contributed by atoms with van der Waals surface area (Å²) < 4.78 is 0. The van der Waals surface area contributed by atoms with E-state index < -0.39 is 0 Å². The Morgan fingerprint density at radius 1 is 0.950 bits per heavy atom. The fourth-order valence-corrected chi connectivity index (χ4v) is 3.70. The first-order valence-corrected chi connectivity index (χ1v) is 7.39. The number of hydrogen-bond donors (Lipinski definition) is 0. The van der Waals surface area contributed by atoms with Gasteiger partial charge in [0, 0.05) is 11.1 Å². The van der Waals surface area contributed by atoms with Crippen LogP contribution < -0.4 is 0 Å². The number of aliphatic imine (C=N–C) groups is 1. The van der Waals surface area contributed by atoms with Crippen molar-refractivity contribution in [3.63, 3.8) is 0 Å². The van der Waals surface area contributed by atoms with Crippen LogP contribution >= 0.6 is 0 Å². The van der Waals surface area contributed by atoms with Crippen molar-refractivity contribution in [1.29, 1.82) is 0 Å². The van der Waals surface area contributed by atoms with Crippen molar-refractivity contribution in [2.45, 2.75) is 39.0 Å². The van der Waals surface area contributed by atoms with E-state index in [2.05, 4.69) is 57.2 Å². The third-order valence-electron chi connectivity index (χ3n) is 5.06. The Hall–Kier alpha value is -1.89. The van der Waals surface area contributed by atoms with Gasteiger partial charge in [0.2, 0.25) is 0 Å². The number of benzene rings is 2. The van der Waals surface area contributed by atoms with Crippen LogP contribution in [0.1, 0.15) is 37.5 Å². The minimum absolute atomic E-state index is 0.0763. The number of nitrogens with zero attached hydrogens (tertiary/aromatic N) is 1. The molecule has 1 aliphatic heterocycles. The fraction of sp³-hybridized carbons (Fsp3) is 0.316. The Labute approximate surface area is 120 Å². The molecule has 2 aliphatic rings. The van der Waals surface area contributed by atoms with Crippen molar-refractivity contribution >= 4 is 11.4 Å². The van der Waals surface area contributed by atoms with Gasteiger partial charge in [0.1, 0.15) is 0 Å². The van der Waals surface area contributed by atoms with Crippen LogP contribution in [0.5, 0.6) is 0 Å². The van der Waals surface area contributed by atoms with Crippen LogP contribution in [-0.4, -0.2) is 5.71 Å². The summed E-state index contributed by atoms with van der Waals surface area (Å²) in [7, 11) is 0. The zero-order valence-corrected chi connectivity index (χ0v) is 12.3. The van der Waals surface area contributed by atoms with Gasteiger partial charge < -0.3 is 0 Å². The van der Waals surface area contributed by atoms with Crippen LogP contribution in [0, 0.1) is 0 Å². The van der Waals surface area contributed by atoms with Crippen LogP contribution in [0.15, 0.2) is 41.4 Å². The summed E-state index contributed by atoms with van der Waals surface area (Å²) in [5, 5.41) is 0. The molecule has 0 atom stereocenters. The number of hydrogen-bond acceptors (Lipinski definition) is 1. The van der Waals surface area contributed by atoms with Crippen molar-refractivity contribution in [2.24, 2.45) is 4.99 Å². The van der Waals surface area contributed by atoms with Crippen molar-refractivity contribution in [3.8, 4) is 11.1 Å². The van der Waals surface area contributed by atoms with E-state index in [0.29, 0.717) is 0 Å². The summed E-state index contributed by atoms with van der Waals surface area (Å²) in [4.78, 5) is 4.79. The predicted octanol–water partition coefficient (Wildman–Crippen LogP) is 4.84. The van der Waals surface area contributed by atoms with E-state index in [-0.39, 0.29) is 5.41 Å². The third-order valence-corrected chi connectivity index (χ3v) is 5.06. The maximum Gasteiger partial charge on any atom is 0.0673 e. The van der Waals surface area contributed by atoms with Gasteiger partial charge in [-0.05, 0) is 53.6 Å². The van der Waals surface area contributed by atoms with Gasteiger partial charge in [-0.3, -0.25) is 4.99 Å². The highest BCUT2D eigenvalue weighted by Crippen LogP contribution is 2.47. The molecule has 2 aromatic rings. The molecule has 0 saturated carbocycles. The fourth-order valence-electron chi connectivity index (χ4n) is 3.70. The first kappa shape index (κ1) is 11.9. The average Bonchev–Trinajstić information content (AvgIpc) is 2.69. The molecule has 100 valence electrons. The second-order valence-electron chi connectivity index (χ2n) is 6.47. The Morgan fingerprint density at radius 3 is 2.60 bits per heavy atom. The van der Waals surface area contributed by atoms with Gasteiger partial charge in [-0.15, -0.1) is 0 Å². The average molecular weight is 261 g/mol. The molecule has 0 bridgehead atoms. The lowest BCUT2D eigenvalue weighted by Crippen LogP contribution is -2.25. The maximum absolute atomic E-state index is 4.79. The minimum Gasteiger partial charge on any atom is -0.257 e. The second-order valence-corrected chi connectivity index (χ2v) is 6.47. The van der Waals surface area contributed by atoms with E-state index in [1.54, 1.807) is 0 Å². The standard InChI is InChI=1S/C19H19N/c1-12-19(2,3)18-16-9-8-13-6-4-5-7-14(13)15(16)10-11-17(18)20-12/h4-7,10-11H,8-9H2,1-3H3. The molecule has 20 heavy (non-hydrogen) atoms. The van der Waals surface area contributed by atoms with Crippen LogP contribution in [0.3, 0.4) is 0 Å². The van der Waals surface area contributed by atoms with Gasteiger partial charge >= 0.3 is 0 Å². The molecule has 0 spiro atoms. The van der Waals surface area contributed by atoms with Crippen LogP contribution in [0.2, 0.25) is 0 Å². The van der Waals surface area contributed by atoms with Crippen LogP contribution in [0.4, 0.5) is 5.69 Å². The SMILES string of the molecule is CC1=Nc2ccc3c(c2C1(C)C)CCc1ccccc1-3. The summed E-state index contributed by atoms with van der Waals surface area (Å²) in [5.74, 6) is 0. The van der Waals surface area contributed by atoms with Crippen molar-refractivity contribution in [2.75, 3.05) is 0 Å². The molecular formula is C19H19N. The van der Waals surface area contributed by atoms with E-state index in [1.807, 2.05) is 0 Å². The lowest BCUT2D eigenvalue weighted by molar-refractivity contribution is 0.716. The molecule has 2 aromatic carbocycles. The molecule has 0 saturated heterocycles. The Balaban J connectivity index is 2.01. The molecule has 1 heteroatoms. The van der Waals surface area contributed by atoms with Crippen LogP contribution in [-0.2, 0) is 18.3 Å².